The highest BCUT2D eigenvalue weighted by molar-refractivity contribution is 4.70. The van der Waals surface area contributed by atoms with Crippen molar-refractivity contribution >= 4 is 0 Å². The van der Waals surface area contributed by atoms with Crippen LogP contribution in [0.25, 0.3) is 0 Å². The lowest BCUT2D eigenvalue weighted by atomic mass is 9.95. The first kappa shape index (κ1) is 16.9. The van der Waals surface area contributed by atoms with Crippen LogP contribution in [0, 0.1) is 5.41 Å². The predicted molar refractivity (Wildman–Crippen MR) is 73.5 cm³/mol. The largest absolute Gasteiger partial charge is 0.379 e. The zero-order valence-corrected chi connectivity index (χ0v) is 12.2. The van der Waals surface area contributed by atoms with Crippen LogP contribution in [0.3, 0.4) is 0 Å². The Labute approximate surface area is 107 Å². The number of hydrogen-bond acceptors (Lipinski definition) is 3. The van der Waals surface area contributed by atoms with Gasteiger partial charge in [0, 0.05) is 18.6 Å². The first-order chi connectivity index (χ1) is 8.12. The molecule has 0 saturated heterocycles. The molecule has 0 unspecified atom stereocenters. The fourth-order valence-electron chi connectivity index (χ4n) is 1.47. The third-order valence-corrected chi connectivity index (χ3v) is 2.54. The maximum atomic E-state index is 5.64. The van der Waals surface area contributed by atoms with Gasteiger partial charge in [0.2, 0.25) is 0 Å². The van der Waals surface area contributed by atoms with Crippen molar-refractivity contribution < 1.29 is 9.47 Å². The highest BCUT2D eigenvalue weighted by Crippen LogP contribution is 2.13. The van der Waals surface area contributed by atoms with Gasteiger partial charge >= 0.3 is 0 Å². The van der Waals surface area contributed by atoms with E-state index >= 15 is 0 Å². The molecule has 104 valence electrons. The van der Waals surface area contributed by atoms with E-state index < -0.39 is 0 Å². The summed E-state index contributed by atoms with van der Waals surface area (Å²) in [5, 5.41) is 3.43. The highest BCUT2D eigenvalue weighted by Gasteiger charge is 2.17. The molecule has 0 aliphatic heterocycles. The van der Waals surface area contributed by atoms with Gasteiger partial charge in [-0.1, -0.05) is 34.1 Å². The Morgan fingerprint density at radius 1 is 0.941 bits per heavy atom. The molecule has 0 amide bonds. The zero-order chi connectivity index (χ0) is 13.0. The molecule has 0 bridgehead atoms. The van der Waals surface area contributed by atoms with E-state index in [2.05, 4.69) is 33.0 Å². The molecule has 0 aromatic heterocycles. The second kappa shape index (κ2) is 11.0. The van der Waals surface area contributed by atoms with Crippen LogP contribution in [0.4, 0.5) is 0 Å². The van der Waals surface area contributed by atoms with Crippen molar-refractivity contribution in [3.05, 3.63) is 0 Å². The first-order valence-corrected chi connectivity index (χ1v) is 6.98. The molecule has 0 saturated carbocycles. The average Bonchev–Trinajstić information content (AvgIpc) is 2.28. The minimum absolute atomic E-state index is 0.207. The van der Waals surface area contributed by atoms with E-state index in [-0.39, 0.29) is 5.41 Å². The molecule has 3 nitrogen and oxygen atoms in total. The van der Waals surface area contributed by atoms with Gasteiger partial charge in [-0.05, 0) is 19.4 Å². The van der Waals surface area contributed by atoms with Crippen LogP contribution in [0.2, 0.25) is 0 Å². The predicted octanol–water partition coefficient (Wildman–Crippen LogP) is 2.85. The number of hydrogen-bond donors (Lipinski definition) is 1. The van der Waals surface area contributed by atoms with Gasteiger partial charge in [0.1, 0.15) is 0 Å². The van der Waals surface area contributed by atoms with E-state index in [0.29, 0.717) is 6.61 Å². The van der Waals surface area contributed by atoms with Crippen LogP contribution in [0.5, 0.6) is 0 Å². The fraction of sp³-hybridized carbons (Fsp3) is 1.00. The summed E-state index contributed by atoms with van der Waals surface area (Å²) >= 11 is 0. The number of unbranched alkanes of at least 4 members (excludes halogenated alkanes) is 1. The van der Waals surface area contributed by atoms with Crippen molar-refractivity contribution in [3.63, 3.8) is 0 Å². The van der Waals surface area contributed by atoms with Crippen LogP contribution in [0.15, 0.2) is 0 Å². The number of rotatable bonds is 12. The van der Waals surface area contributed by atoms with Gasteiger partial charge < -0.3 is 14.8 Å². The average molecular weight is 245 g/mol. The normalized spacial score (nSPS) is 12.0. The molecule has 0 aromatic carbocycles. The lowest BCUT2D eigenvalue weighted by Gasteiger charge is -2.24. The van der Waals surface area contributed by atoms with Gasteiger partial charge in [-0.25, -0.2) is 0 Å². The minimum atomic E-state index is 0.207. The maximum absolute atomic E-state index is 5.64. The zero-order valence-electron chi connectivity index (χ0n) is 12.2. The van der Waals surface area contributed by atoms with Crippen molar-refractivity contribution in [1.29, 1.82) is 0 Å². The summed E-state index contributed by atoms with van der Waals surface area (Å²) in [7, 11) is 0. The van der Waals surface area contributed by atoms with E-state index in [0.717, 1.165) is 39.3 Å². The molecule has 17 heavy (non-hydrogen) atoms. The third kappa shape index (κ3) is 12.1. The van der Waals surface area contributed by atoms with E-state index in [1.54, 1.807) is 0 Å². The molecule has 0 radical (unpaired) electrons. The molecule has 1 N–H and O–H groups in total. The summed E-state index contributed by atoms with van der Waals surface area (Å²) in [4.78, 5) is 0. The molecule has 0 fully saturated rings. The second-order valence-corrected chi connectivity index (χ2v) is 5.36. The molecule has 0 aromatic rings. The van der Waals surface area contributed by atoms with E-state index in [1.807, 2.05) is 0 Å². The van der Waals surface area contributed by atoms with Gasteiger partial charge in [0.25, 0.3) is 0 Å². The van der Waals surface area contributed by atoms with Crippen molar-refractivity contribution in [3.8, 4) is 0 Å². The summed E-state index contributed by atoms with van der Waals surface area (Å²) < 4.78 is 11.1. The van der Waals surface area contributed by atoms with E-state index in [4.69, 9.17) is 9.47 Å². The van der Waals surface area contributed by atoms with E-state index in [9.17, 15) is 0 Å². The van der Waals surface area contributed by atoms with Crippen LogP contribution >= 0.6 is 0 Å². The Morgan fingerprint density at radius 2 is 1.65 bits per heavy atom. The van der Waals surface area contributed by atoms with Crippen molar-refractivity contribution in [2.24, 2.45) is 5.41 Å². The lowest BCUT2D eigenvalue weighted by Crippen LogP contribution is -2.34. The summed E-state index contributed by atoms with van der Waals surface area (Å²) in [5.74, 6) is 0. The molecule has 0 aliphatic carbocycles. The van der Waals surface area contributed by atoms with Crippen LogP contribution in [-0.2, 0) is 9.47 Å². The molecular formula is C14H31NO2. The smallest absolute Gasteiger partial charge is 0.0700 e. The Hall–Kier alpha value is -0.120. The summed E-state index contributed by atoms with van der Waals surface area (Å²) in [6, 6.07) is 0. The molecule has 0 atom stereocenters. The van der Waals surface area contributed by atoms with Gasteiger partial charge in [-0.15, -0.1) is 0 Å². The minimum Gasteiger partial charge on any atom is -0.379 e. The quantitative estimate of drug-likeness (QED) is 0.536. The third-order valence-electron chi connectivity index (χ3n) is 2.54. The number of ether oxygens (including phenoxy) is 2. The van der Waals surface area contributed by atoms with Crippen molar-refractivity contribution in [2.45, 2.75) is 47.0 Å². The highest BCUT2D eigenvalue weighted by atomic mass is 16.5. The van der Waals surface area contributed by atoms with Crippen LogP contribution in [0.1, 0.15) is 47.0 Å². The Bertz CT molecular complexity index is 160. The first-order valence-electron chi connectivity index (χ1n) is 6.98. The van der Waals surface area contributed by atoms with Gasteiger partial charge in [0.15, 0.2) is 0 Å². The monoisotopic (exact) mass is 245 g/mol. The van der Waals surface area contributed by atoms with Crippen LogP contribution in [-0.4, -0.2) is 39.5 Å². The topological polar surface area (TPSA) is 30.5 Å². The Kier molecular flexibility index (Phi) is 10.9. The fourth-order valence-corrected chi connectivity index (χ4v) is 1.47. The molecule has 0 rings (SSSR count). The molecular weight excluding hydrogens is 214 g/mol. The Morgan fingerprint density at radius 3 is 2.29 bits per heavy atom. The second-order valence-electron chi connectivity index (χ2n) is 5.36. The molecule has 0 aliphatic rings. The van der Waals surface area contributed by atoms with E-state index in [1.165, 1.54) is 12.8 Å². The lowest BCUT2D eigenvalue weighted by molar-refractivity contribution is 0.0145. The van der Waals surface area contributed by atoms with Crippen molar-refractivity contribution in [2.75, 3.05) is 39.5 Å². The number of nitrogens with one attached hydrogen (secondary N) is 1. The standard InChI is InChI=1S/C14H31NO2/c1-5-7-9-16-10-11-17-13-14(3,4)12-15-8-6-2/h15H,5-13H2,1-4H3. The van der Waals surface area contributed by atoms with Crippen molar-refractivity contribution in [1.82, 2.24) is 5.32 Å². The summed E-state index contributed by atoms with van der Waals surface area (Å²) in [6.45, 7) is 14.0. The van der Waals surface area contributed by atoms with Gasteiger partial charge in [-0.3, -0.25) is 0 Å². The molecule has 3 heteroatoms. The molecule has 0 heterocycles. The Balaban J connectivity index is 3.32. The van der Waals surface area contributed by atoms with Gasteiger partial charge in [-0.2, -0.15) is 0 Å². The maximum Gasteiger partial charge on any atom is 0.0700 e. The SMILES string of the molecule is CCCCOCCOCC(C)(C)CNCCC. The van der Waals surface area contributed by atoms with Crippen LogP contribution < -0.4 is 5.32 Å². The summed E-state index contributed by atoms with van der Waals surface area (Å²) in [5.41, 5.74) is 0.207. The van der Waals surface area contributed by atoms with Gasteiger partial charge in [0.05, 0.1) is 19.8 Å². The summed E-state index contributed by atoms with van der Waals surface area (Å²) in [6.07, 6.45) is 3.52. The molecule has 0 spiro atoms.